The minimum atomic E-state index is -3.11. The summed E-state index contributed by atoms with van der Waals surface area (Å²) in [5.41, 5.74) is 7.42. The lowest BCUT2D eigenvalue weighted by Crippen LogP contribution is -2.39. The van der Waals surface area contributed by atoms with Crippen LogP contribution in [0.15, 0.2) is 30.6 Å². The number of sulfone groups is 1. The van der Waals surface area contributed by atoms with Crippen molar-refractivity contribution in [3.63, 3.8) is 0 Å². The van der Waals surface area contributed by atoms with Crippen molar-refractivity contribution >= 4 is 38.2 Å². The largest absolute Gasteiger partial charge is 0.474 e. The van der Waals surface area contributed by atoms with Gasteiger partial charge >= 0.3 is 5.97 Å². The molecular formula is C29H39N5O5S. The molecular weight excluding hydrogens is 530 g/mol. The van der Waals surface area contributed by atoms with Gasteiger partial charge in [-0.15, -0.1) is 0 Å². The number of ether oxygens (including phenoxy) is 2. The van der Waals surface area contributed by atoms with Crippen molar-refractivity contribution in [3.8, 4) is 5.88 Å². The highest BCUT2D eigenvalue weighted by molar-refractivity contribution is 7.90. The average Bonchev–Trinajstić information content (AvgIpc) is 2.85. The van der Waals surface area contributed by atoms with E-state index in [1.807, 2.05) is 40.7 Å². The molecule has 216 valence electrons. The number of hydrogen-bond donors (Lipinski definition) is 2. The number of carbonyl (C=O) groups is 1. The third-order valence-corrected chi connectivity index (χ3v) is 8.51. The van der Waals surface area contributed by atoms with Crippen molar-refractivity contribution in [2.75, 3.05) is 17.3 Å². The Morgan fingerprint density at radius 3 is 2.60 bits per heavy atom. The zero-order valence-electron chi connectivity index (χ0n) is 24.2. The Morgan fingerprint density at radius 1 is 1.20 bits per heavy atom. The van der Waals surface area contributed by atoms with E-state index in [1.54, 1.807) is 24.5 Å². The number of hydrogen-bond acceptors (Lipinski definition) is 10. The molecule has 4 rings (SSSR count). The molecule has 0 radical (unpaired) electrons. The fourth-order valence-electron chi connectivity index (χ4n) is 4.90. The third kappa shape index (κ3) is 6.36. The molecule has 0 amide bonds. The van der Waals surface area contributed by atoms with Crippen molar-refractivity contribution in [3.05, 3.63) is 47.4 Å². The summed E-state index contributed by atoms with van der Waals surface area (Å²) in [5.74, 6) is 1.01. The van der Waals surface area contributed by atoms with Crippen LogP contribution in [-0.2, 0) is 20.1 Å². The summed E-state index contributed by atoms with van der Waals surface area (Å²) >= 11 is 0. The van der Waals surface area contributed by atoms with Crippen LogP contribution >= 0.6 is 0 Å². The fourth-order valence-corrected chi connectivity index (χ4v) is 5.66. The first kappa shape index (κ1) is 29.7. The second kappa shape index (κ2) is 10.9. The van der Waals surface area contributed by atoms with E-state index in [0.717, 1.165) is 23.8 Å². The number of nitrogens with one attached hydrogen (secondary N) is 1. The van der Waals surface area contributed by atoms with Gasteiger partial charge in [0.05, 0.1) is 28.5 Å². The van der Waals surface area contributed by atoms with Gasteiger partial charge in [0.2, 0.25) is 5.88 Å². The van der Waals surface area contributed by atoms with Gasteiger partial charge in [-0.1, -0.05) is 20.3 Å². The summed E-state index contributed by atoms with van der Waals surface area (Å²) in [6.45, 7) is 11.6. The molecule has 11 heteroatoms. The molecule has 0 saturated carbocycles. The quantitative estimate of drug-likeness (QED) is 0.320. The van der Waals surface area contributed by atoms with Crippen molar-refractivity contribution in [1.29, 1.82) is 0 Å². The van der Waals surface area contributed by atoms with Gasteiger partial charge in [-0.05, 0) is 69.7 Å². The lowest BCUT2D eigenvalue weighted by atomic mass is 9.84. The topological polar surface area (TPSA) is 146 Å². The van der Waals surface area contributed by atoms with Gasteiger partial charge in [-0.3, -0.25) is 0 Å². The molecule has 40 heavy (non-hydrogen) atoms. The van der Waals surface area contributed by atoms with Crippen LogP contribution < -0.4 is 15.8 Å². The zero-order chi connectivity index (χ0) is 29.5. The van der Waals surface area contributed by atoms with E-state index in [0.29, 0.717) is 40.6 Å². The van der Waals surface area contributed by atoms with Crippen molar-refractivity contribution in [1.82, 2.24) is 15.0 Å². The summed E-state index contributed by atoms with van der Waals surface area (Å²) in [7, 11) is -3.11. The first-order chi connectivity index (χ1) is 18.6. The Hall–Kier alpha value is -3.31. The van der Waals surface area contributed by atoms with Gasteiger partial charge < -0.3 is 20.5 Å². The van der Waals surface area contributed by atoms with Gasteiger partial charge in [0.1, 0.15) is 27.1 Å². The van der Waals surface area contributed by atoms with E-state index in [4.69, 9.17) is 20.2 Å². The molecule has 4 heterocycles. The van der Waals surface area contributed by atoms with E-state index in [2.05, 4.69) is 22.2 Å². The minimum absolute atomic E-state index is 0.0230. The Bertz CT molecular complexity index is 1540. The predicted octanol–water partition coefficient (Wildman–Crippen LogP) is 5.00. The molecule has 1 aliphatic rings. The van der Waals surface area contributed by atoms with Crippen LogP contribution in [0, 0.1) is 0 Å². The zero-order valence-corrected chi connectivity index (χ0v) is 25.1. The molecule has 0 bridgehead atoms. The lowest BCUT2D eigenvalue weighted by molar-refractivity contribution is -0.0189. The summed E-state index contributed by atoms with van der Waals surface area (Å²) in [4.78, 5) is 26.4. The highest BCUT2D eigenvalue weighted by Crippen LogP contribution is 2.39. The molecule has 0 unspecified atom stereocenters. The van der Waals surface area contributed by atoms with E-state index in [1.165, 1.54) is 6.26 Å². The van der Waals surface area contributed by atoms with Crippen LogP contribution in [0.25, 0.3) is 10.8 Å². The maximum atomic E-state index is 12.5. The van der Waals surface area contributed by atoms with Crippen LogP contribution in [0.2, 0.25) is 0 Å². The molecule has 3 N–H and O–H groups in total. The number of carbonyl (C=O) groups excluding carboxylic acids is 1. The van der Waals surface area contributed by atoms with Gasteiger partial charge in [0.25, 0.3) is 0 Å². The molecule has 3 aromatic heterocycles. The maximum absolute atomic E-state index is 12.5. The predicted molar refractivity (Wildman–Crippen MR) is 156 cm³/mol. The number of esters is 1. The molecule has 0 aliphatic carbocycles. The number of anilines is 2. The SMILES string of the molecule is CCC[C@@](C)(N)c1cnc(O[C@H](C)CCS(C)(=O)=O)c2cnc(Nc3ccc4c(n3)[C@@H](C)C(C)(C)OC4=O)cc12. The number of rotatable bonds is 10. The number of nitrogens with zero attached hydrogens (tertiary/aromatic N) is 3. The van der Waals surface area contributed by atoms with Crippen molar-refractivity contribution < 1.29 is 22.7 Å². The van der Waals surface area contributed by atoms with E-state index < -0.39 is 21.0 Å². The Balaban J connectivity index is 1.72. The van der Waals surface area contributed by atoms with E-state index in [9.17, 15) is 13.2 Å². The summed E-state index contributed by atoms with van der Waals surface area (Å²) in [6.07, 6.45) is 6.22. The average molecular weight is 570 g/mol. The summed E-state index contributed by atoms with van der Waals surface area (Å²) < 4.78 is 34.9. The monoisotopic (exact) mass is 569 g/mol. The number of cyclic esters (lactones) is 1. The van der Waals surface area contributed by atoms with Gasteiger partial charge in [-0.25, -0.2) is 28.2 Å². The third-order valence-electron chi connectivity index (χ3n) is 7.54. The highest BCUT2D eigenvalue weighted by atomic mass is 32.2. The molecule has 0 fully saturated rings. The molecule has 0 saturated heterocycles. The van der Waals surface area contributed by atoms with Gasteiger partial charge in [0, 0.05) is 30.1 Å². The molecule has 0 spiro atoms. The van der Waals surface area contributed by atoms with Crippen LogP contribution in [0.3, 0.4) is 0 Å². The van der Waals surface area contributed by atoms with Crippen LogP contribution in [0.1, 0.15) is 88.3 Å². The fraction of sp³-hybridized carbons (Fsp3) is 0.517. The maximum Gasteiger partial charge on any atom is 0.340 e. The highest BCUT2D eigenvalue weighted by Gasteiger charge is 2.40. The first-order valence-electron chi connectivity index (χ1n) is 13.5. The number of nitrogens with two attached hydrogens (primary N) is 1. The minimum Gasteiger partial charge on any atom is -0.474 e. The smallest absolute Gasteiger partial charge is 0.340 e. The van der Waals surface area contributed by atoms with Gasteiger partial charge in [0.15, 0.2) is 0 Å². The lowest BCUT2D eigenvalue weighted by Gasteiger charge is -2.36. The molecule has 3 atom stereocenters. The number of aromatic nitrogens is 3. The molecule has 10 nitrogen and oxygen atoms in total. The van der Waals surface area contributed by atoms with E-state index in [-0.39, 0.29) is 23.7 Å². The van der Waals surface area contributed by atoms with Crippen LogP contribution in [0.4, 0.5) is 11.6 Å². The van der Waals surface area contributed by atoms with Crippen molar-refractivity contribution in [2.45, 2.75) is 84.0 Å². The Morgan fingerprint density at radius 2 is 1.93 bits per heavy atom. The second-order valence-corrected chi connectivity index (χ2v) is 13.8. The Kier molecular flexibility index (Phi) is 8.11. The summed E-state index contributed by atoms with van der Waals surface area (Å²) in [6, 6.07) is 5.34. The molecule has 3 aromatic rings. The second-order valence-electron chi connectivity index (χ2n) is 11.6. The van der Waals surface area contributed by atoms with Crippen LogP contribution in [0.5, 0.6) is 5.88 Å². The van der Waals surface area contributed by atoms with Gasteiger partial charge in [-0.2, -0.15) is 0 Å². The molecule has 0 aromatic carbocycles. The number of pyridine rings is 3. The molecule has 1 aliphatic heterocycles. The Labute approximate surface area is 236 Å². The standard InChI is InChI=1S/C29H39N5O5S/c1-8-12-29(6,30)22-16-32-26(38-17(2)11-13-40(7,36)37)21-15-31-24(14-20(21)22)33-23-10-9-19-25(34-23)18(3)28(4,5)39-27(19)35/h9-10,14-18H,8,11-13,30H2,1-7H3,(H,31,33,34)/t17-,18-,29-/m1/s1. The van der Waals surface area contributed by atoms with Crippen LogP contribution in [-0.4, -0.2) is 53.1 Å². The first-order valence-corrected chi connectivity index (χ1v) is 15.6. The normalized spacial score (nSPS) is 18.9. The summed E-state index contributed by atoms with van der Waals surface area (Å²) in [5, 5.41) is 4.78. The van der Waals surface area contributed by atoms with E-state index >= 15 is 0 Å². The van der Waals surface area contributed by atoms with Crippen molar-refractivity contribution in [2.24, 2.45) is 5.73 Å². The number of fused-ring (bicyclic) bond motifs is 2.